The molecule has 4 aromatic rings. The van der Waals surface area contributed by atoms with Crippen molar-refractivity contribution in [1.29, 1.82) is 0 Å². The van der Waals surface area contributed by atoms with Crippen molar-refractivity contribution in [2.45, 2.75) is 32.4 Å². The van der Waals surface area contributed by atoms with E-state index in [4.69, 9.17) is 0 Å². The molecule has 33 heavy (non-hydrogen) atoms. The Balaban J connectivity index is 1.53. The van der Waals surface area contributed by atoms with Crippen LogP contribution in [0.1, 0.15) is 39.0 Å². The summed E-state index contributed by atoms with van der Waals surface area (Å²) in [6, 6.07) is 26.5. The molecule has 1 N–H and O–H groups in total. The van der Waals surface area contributed by atoms with Crippen molar-refractivity contribution in [3.63, 3.8) is 0 Å². The van der Waals surface area contributed by atoms with Crippen LogP contribution in [-0.2, 0) is 16.9 Å². The van der Waals surface area contributed by atoms with Gasteiger partial charge in [0.15, 0.2) is 11.4 Å². The normalized spacial score (nSPS) is 17.4. The largest absolute Gasteiger partial charge is 0.375 e. The fourth-order valence-electron chi connectivity index (χ4n) is 4.77. The van der Waals surface area contributed by atoms with Gasteiger partial charge in [0.05, 0.1) is 18.7 Å². The van der Waals surface area contributed by atoms with Gasteiger partial charge in [0.2, 0.25) is 0 Å². The van der Waals surface area contributed by atoms with Crippen LogP contribution in [0.2, 0.25) is 0 Å². The average molecular weight is 436 g/mol. The fourth-order valence-corrected chi connectivity index (χ4v) is 4.77. The molecule has 4 nitrogen and oxygen atoms in total. The maximum atomic E-state index is 13.6. The van der Waals surface area contributed by atoms with E-state index in [0.717, 1.165) is 27.5 Å². The minimum atomic E-state index is -1.90. The predicted molar refractivity (Wildman–Crippen MR) is 130 cm³/mol. The number of benzene rings is 4. The van der Waals surface area contributed by atoms with Gasteiger partial charge >= 0.3 is 0 Å². The number of ketones is 1. The average Bonchev–Trinajstić information content (AvgIpc) is 3.03. The smallest absolute Gasteiger partial charge is 0.264 e. The standard InChI is InChI=1S/C29H25NO3/c1-19-14-15-20(2)22(16-19)18-30-26-13-6-5-12-25(26)29(33,28(30)32)17-27(31)24-11-7-9-21-8-3-4-10-23(21)24/h3-16,33H,17-18H2,1-2H3. The number of aryl methyl sites for hydroxylation is 2. The molecule has 0 bridgehead atoms. The van der Waals surface area contributed by atoms with Gasteiger partial charge in [0, 0.05) is 11.1 Å². The molecule has 1 amide bonds. The van der Waals surface area contributed by atoms with Crippen LogP contribution in [0.15, 0.2) is 84.9 Å². The Morgan fingerprint density at radius 1 is 0.909 bits per heavy atom. The van der Waals surface area contributed by atoms with Crippen molar-refractivity contribution >= 4 is 28.2 Å². The summed E-state index contributed by atoms with van der Waals surface area (Å²) >= 11 is 0. The highest BCUT2D eigenvalue weighted by atomic mass is 16.3. The lowest BCUT2D eigenvalue weighted by molar-refractivity contribution is -0.136. The predicted octanol–water partition coefficient (Wildman–Crippen LogP) is 5.46. The van der Waals surface area contributed by atoms with Crippen LogP contribution in [0.25, 0.3) is 10.8 Å². The number of carbonyl (C=O) groups excluding carboxylic acids is 2. The lowest BCUT2D eigenvalue weighted by atomic mass is 9.87. The highest BCUT2D eigenvalue weighted by Gasteiger charge is 2.50. The van der Waals surface area contributed by atoms with Gasteiger partial charge in [-0.15, -0.1) is 0 Å². The molecular formula is C29H25NO3. The Kier molecular flexibility index (Phi) is 5.10. The molecule has 1 heterocycles. The first kappa shape index (κ1) is 21.1. The summed E-state index contributed by atoms with van der Waals surface area (Å²) in [6.07, 6.45) is -0.305. The van der Waals surface area contributed by atoms with Gasteiger partial charge in [-0.05, 0) is 41.8 Å². The molecule has 0 saturated heterocycles. The lowest BCUT2D eigenvalue weighted by Gasteiger charge is -2.23. The van der Waals surface area contributed by atoms with E-state index in [0.29, 0.717) is 23.4 Å². The van der Waals surface area contributed by atoms with E-state index in [2.05, 4.69) is 6.07 Å². The molecule has 4 heteroatoms. The SMILES string of the molecule is Cc1ccc(C)c(CN2C(=O)C(O)(CC(=O)c3cccc4ccccc34)c3ccccc32)c1. The number of Topliss-reactive ketones (excluding diaryl/α,β-unsaturated/α-hetero) is 1. The molecule has 0 radical (unpaired) electrons. The number of hydrogen-bond acceptors (Lipinski definition) is 3. The molecule has 4 aromatic carbocycles. The van der Waals surface area contributed by atoms with E-state index in [1.165, 1.54) is 0 Å². The molecule has 1 aliphatic rings. The maximum Gasteiger partial charge on any atom is 0.264 e. The number of carbonyl (C=O) groups is 2. The number of nitrogens with zero attached hydrogens (tertiary/aromatic N) is 1. The van der Waals surface area contributed by atoms with Gasteiger partial charge in [-0.1, -0.05) is 84.4 Å². The quantitative estimate of drug-likeness (QED) is 0.423. The van der Waals surface area contributed by atoms with Gasteiger partial charge in [-0.3, -0.25) is 9.59 Å². The number of anilines is 1. The van der Waals surface area contributed by atoms with Gasteiger partial charge in [0.25, 0.3) is 5.91 Å². The number of fused-ring (bicyclic) bond motifs is 2. The third-order valence-electron chi connectivity index (χ3n) is 6.58. The Morgan fingerprint density at radius 2 is 1.64 bits per heavy atom. The summed E-state index contributed by atoms with van der Waals surface area (Å²) in [7, 11) is 0. The van der Waals surface area contributed by atoms with Crippen LogP contribution in [0.3, 0.4) is 0 Å². The van der Waals surface area contributed by atoms with Crippen molar-refractivity contribution in [3.05, 3.63) is 113 Å². The third-order valence-corrected chi connectivity index (χ3v) is 6.58. The number of amides is 1. The van der Waals surface area contributed by atoms with Gasteiger partial charge < -0.3 is 10.0 Å². The Morgan fingerprint density at radius 3 is 2.48 bits per heavy atom. The molecule has 1 aliphatic heterocycles. The molecule has 1 atom stereocenters. The van der Waals surface area contributed by atoms with E-state index >= 15 is 0 Å². The summed E-state index contributed by atoms with van der Waals surface area (Å²) in [5.41, 5.74) is 2.95. The summed E-state index contributed by atoms with van der Waals surface area (Å²) in [5, 5.41) is 13.4. The minimum Gasteiger partial charge on any atom is -0.375 e. The zero-order valence-electron chi connectivity index (χ0n) is 18.7. The number of hydrogen-bond donors (Lipinski definition) is 1. The van der Waals surface area contributed by atoms with Gasteiger partial charge in [-0.25, -0.2) is 0 Å². The van der Waals surface area contributed by atoms with Crippen molar-refractivity contribution in [1.82, 2.24) is 0 Å². The van der Waals surface area contributed by atoms with Crippen LogP contribution in [-0.4, -0.2) is 16.8 Å². The van der Waals surface area contributed by atoms with Crippen LogP contribution < -0.4 is 4.90 Å². The van der Waals surface area contributed by atoms with E-state index in [-0.39, 0.29) is 12.2 Å². The topological polar surface area (TPSA) is 57.6 Å². The van der Waals surface area contributed by atoms with Crippen LogP contribution in [0.5, 0.6) is 0 Å². The first-order chi connectivity index (χ1) is 15.9. The summed E-state index contributed by atoms with van der Waals surface area (Å²) in [4.78, 5) is 28.7. The maximum absolute atomic E-state index is 13.6. The Bertz CT molecular complexity index is 1400. The van der Waals surface area contributed by atoms with E-state index in [1.807, 2.05) is 74.5 Å². The van der Waals surface area contributed by atoms with Crippen LogP contribution in [0, 0.1) is 13.8 Å². The number of aliphatic hydroxyl groups is 1. The van der Waals surface area contributed by atoms with Crippen molar-refractivity contribution in [2.24, 2.45) is 0 Å². The molecule has 0 aliphatic carbocycles. The fraction of sp³-hybridized carbons (Fsp3) is 0.172. The van der Waals surface area contributed by atoms with Crippen LogP contribution >= 0.6 is 0 Å². The third kappa shape index (κ3) is 3.53. The molecule has 1 unspecified atom stereocenters. The molecule has 0 fully saturated rings. The molecule has 0 spiro atoms. The van der Waals surface area contributed by atoms with Crippen molar-refractivity contribution in [3.8, 4) is 0 Å². The highest BCUT2D eigenvalue weighted by Crippen LogP contribution is 2.44. The highest BCUT2D eigenvalue weighted by molar-refractivity contribution is 6.13. The zero-order valence-corrected chi connectivity index (χ0v) is 18.7. The molecule has 164 valence electrons. The molecule has 0 saturated carbocycles. The number of rotatable bonds is 5. The van der Waals surface area contributed by atoms with E-state index < -0.39 is 11.5 Å². The minimum absolute atomic E-state index is 0.258. The second kappa shape index (κ2) is 7.98. The Hall–Kier alpha value is -3.76. The molecule has 5 rings (SSSR count). The Labute approximate surface area is 193 Å². The van der Waals surface area contributed by atoms with Crippen molar-refractivity contribution in [2.75, 3.05) is 4.90 Å². The van der Waals surface area contributed by atoms with Crippen molar-refractivity contribution < 1.29 is 14.7 Å². The zero-order chi connectivity index (χ0) is 23.2. The summed E-state index contributed by atoms with van der Waals surface area (Å²) in [5.74, 6) is -0.718. The van der Waals surface area contributed by atoms with Gasteiger partial charge in [0.1, 0.15) is 0 Å². The van der Waals surface area contributed by atoms with Gasteiger partial charge in [-0.2, -0.15) is 0 Å². The first-order valence-corrected chi connectivity index (χ1v) is 11.1. The van der Waals surface area contributed by atoms with E-state index in [9.17, 15) is 14.7 Å². The first-order valence-electron chi connectivity index (χ1n) is 11.1. The summed E-state index contributed by atoms with van der Waals surface area (Å²) in [6.45, 7) is 4.37. The van der Waals surface area contributed by atoms with E-state index in [1.54, 1.807) is 23.1 Å². The second-order valence-corrected chi connectivity index (χ2v) is 8.83. The monoisotopic (exact) mass is 435 g/mol. The van der Waals surface area contributed by atoms with Crippen LogP contribution in [0.4, 0.5) is 5.69 Å². The second-order valence-electron chi connectivity index (χ2n) is 8.83. The lowest BCUT2D eigenvalue weighted by Crippen LogP contribution is -2.41. The molecular weight excluding hydrogens is 410 g/mol. The summed E-state index contributed by atoms with van der Waals surface area (Å²) < 4.78 is 0. The number of para-hydroxylation sites is 1. The molecule has 0 aromatic heterocycles.